The number of pyridine rings is 1. The van der Waals surface area contributed by atoms with Gasteiger partial charge in [0.15, 0.2) is 0 Å². The van der Waals surface area contributed by atoms with Crippen LogP contribution in [0.1, 0.15) is 36.2 Å². The first kappa shape index (κ1) is 13.8. The van der Waals surface area contributed by atoms with Crippen molar-refractivity contribution in [2.24, 2.45) is 5.92 Å². The maximum atomic E-state index is 4.83. The Morgan fingerprint density at radius 1 is 1.00 bits per heavy atom. The first-order chi connectivity index (χ1) is 8.97. The number of aromatic nitrogens is 1. The molecule has 100 valence electrons. The second-order valence-electron chi connectivity index (χ2n) is 5.89. The van der Waals surface area contributed by atoms with E-state index in [4.69, 9.17) is 4.98 Å². The fourth-order valence-electron chi connectivity index (χ4n) is 2.73. The van der Waals surface area contributed by atoms with Gasteiger partial charge in [0.05, 0.1) is 5.69 Å². The van der Waals surface area contributed by atoms with Crippen molar-refractivity contribution in [3.63, 3.8) is 0 Å². The molecule has 0 fully saturated rings. The van der Waals surface area contributed by atoms with Gasteiger partial charge in [0, 0.05) is 11.3 Å². The number of hydrogen-bond donors (Lipinski definition) is 0. The normalized spacial score (nSPS) is 11.1. The summed E-state index contributed by atoms with van der Waals surface area (Å²) in [6.07, 6.45) is 1.04. The summed E-state index contributed by atoms with van der Waals surface area (Å²) in [5.74, 6) is 0.642. The van der Waals surface area contributed by atoms with Crippen LogP contribution in [0, 0.1) is 26.7 Å². The molecule has 1 nitrogen and oxygen atoms in total. The molecular weight excluding hydrogens is 230 g/mol. The Kier molecular flexibility index (Phi) is 4.04. The Morgan fingerprint density at radius 2 is 1.63 bits per heavy atom. The van der Waals surface area contributed by atoms with Gasteiger partial charge >= 0.3 is 0 Å². The number of rotatable bonds is 3. The summed E-state index contributed by atoms with van der Waals surface area (Å²) in [6.45, 7) is 11.0. The quantitative estimate of drug-likeness (QED) is 0.760. The highest BCUT2D eigenvalue weighted by molar-refractivity contribution is 5.68. The van der Waals surface area contributed by atoms with Crippen molar-refractivity contribution in [1.29, 1.82) is 0 Å². The Morgan fingerprint density at radius 3 is 2.21 bits per heavy atom. The minimum Gasteiger partial charge on any atom is -0.253 e. The Hall–Kier alpha value is -1.63. The van der Waals surface area contributed by atoms with Crippen molar-refractivity contribution in [2.75, 3.05) is 0 Å². The SMILES string of the molecule is Cc1cc(C)c(-c2cccc(CC(C)C)n2)c(C)c1. The third-order valence-electron chi connectivity index (χ3n) is 3.36. The standard InChI is InChI=1S/C18H23N/c1-12(2)9-16-7-6-8-17(19-16)18-14(4)10-13(3)11-15(18)5/h6-8,10-12H,9H2,1-5H3. The van der Waals surface area contributed by atoms with Gasteiger partial charge < -0.3 is 0 Å². The van der Waals surface area contributed by atoms with Crippen molar-refractivity contribution in [2.45, 2.75) is 41.0 Å². The van der Waals surface area contributed by atoms with Crippen LogP contribution in [0.4, 0.5) is 0 Å². The molecule has 1 heterocycles. The Balaban J connectivity index is 2.47. The van der Waals surface area contributed by atoms with Gasteiger partial charge in [-0.1, -0.05) is 37.6 Å². The van der Waals surface area contributed by atoms with E-state index in [1.54, 1.807) is 0 Å². The molecule has 0 unspecified atom stereocenters. The minimum absolute atomic E-state index is 0.642. The van der Waals surface area contributed by atoms with E-state index < -0.39 is 0 Å². The number of benzene rings is 1. The monoisotopic (exact) mass is 253 g/mol. The number of hydrogen-bond acceptors (Lipinski definition) is 1. The van der Waals surface area contributed by atoms with Crippen molar-refractivity contribution >= 4 is 0 Å². The van der Waals surface area contributed by atoms with Crippen molar-refractivity contribution in [1.82, 2.24) is 4.98 Å². The lowest BCUT2D eigenvalue weighted by molar-refractivity contribution is 0.636. The summed E-state index contributed by atoms with van der Waals surface area (Å²) in [7, 11) is 0. The Bertz CT molecular complexity index is 559. The van der Waals surface area contributed by atoms with E-state index >= 15 is 0 Å². The van der Waals surface area contributed by atoms with Crippen molar-refractivity contribution in [3.8, 4) is 11.3 Å². The molecule has 0 atom stereocenters. The number of aryl methyl sites for hydroxylation is 3. The van der Waals surface area contributed by atoms with Crippen molar-refractivity contribution in [3.05, 3.63) is 52.7 Å². The summed E-state index contributed by atoms with van der Waals surface area (Å²) >= 11 is 0. The lowest BCUT2D eigenvalue weighted by Crippen LogP contribution is -1.99. The van der Waals surface area contributed by atoms with Crippen molar-refractivity contribution < 1.29 is 0 Å². The lowest BCUT2D eigenvalue weighted by atomic mass is 9.96. The first-order valence-electron chi connectivity index (χ1n) is 7.01. The van der Waals surface area contributed by atoms with Crippen LogP contribution in [-0.2, 0) is 6.42 Å². The zero-order chi connectivity index (χ0) is 14.0. The maximum Gasteiger partial charge on any atom is 0.0710 e. The van der Waals surface area contributed by atoms with E-state index in [1.165, 1.54) is 27.9 Å². The maximum absolute atomic E-state index is 4.83. The zero-order valence-corrected chi connectivity index (χ0v) is 12.6. The van der Waals surface area contributed by atoms with Gasteiger partial charge in [0.1, 0.15) is 0 Å². The molecule has 0 saturated heterocycles. The molecule has 0 spiro atoms. The fourth-order valence-corrected chi connectivity index (χ4v) is 2.73. The average Bonchev–Trinajstić information content (AvgIpc) is 2.26. The molecule has 1 aromatic heterocycles. The van der Waals surface area contributed by atoms with Gasteiger partial charge in [-0.05, 0) is 56.4 Å². The van der Waals surface area contributed by atoms with Crippen LogP contribution < -0.4 is 0 Å². The van der Waals surface area contributed by atoms with Crippen LogP contribution >= 0.6 is 0 Å². The summed E-state index contributed by atoms with van der Waals surface area (Å²) in [6, 6.07) is 10.8. The van der Waals surface area contributed by atoms with Crippen LogP contribution in [0.25, 0.3) is 11.3 Å². The lowest BCUT2D eigenvalue weighted by Gasteiger charge is -2.12. The molecule has 1 aromatic carbocycles. The predicted octanol–water partition coefficient (Wildman–Crippen LogP) is 4.87. The van der Waals surface area contributed by atoms with Gasteiger partial charge in [-0.25, -0.2) is 0 Å². The molecule has 19 heavy (non-hydrogen) atoms. The molecule has 0 radical (unpaired) electrons. The third kappa shape index (κ3) is 3.23. The van der Waals surface area contributed by atoms with Gasteiger partial charge in [-0.2, -0.15) is 0 Å². The van der Waals surface area contributed by atoms with Gasteiger partial charge in [0.25, 0.3) is 0 Å². The van der Waals surface area contributed by atoms with E-state index in [1.807, 2.05) is 0 Å². The van der Waals surface area contributed by atoms with Gasteiger partial charge in [-0.3, -0.25) is 4.98 Å². The number of nitrogens with zero attached hydrogens (tertiary/aromatic N) is 1. The fraction of sp³-hybridized carbons (Fsp3) is 0.389. The highest BCUT2D eigenvalue weighted by Gasteiger charge is 2.09. The molecule has 2 rings (SSSR count). The summed E-state index contributed by atoms with van der Waals surface area (Å²) < 4.78 is 0. The van der Waals surface area contributed by atoms with Crippen LogP contribution in [0.3, 0.4) is 0 Å². The smallest absolute Gasteiger partial charge is 0.0710 e. The van der Waals surface area contributed by atoms with Gasteiger partial charge in [-0.15, -0.1) is 0 Å². The highest BCUT2D eigenvalue weighted by Crippen LogP contribution is 2.27. The average molecular weight is 253 g/mol. The molecule has 0 aliphatic rings. The van der Waals surface area contributed by atoms with E-state index in [0.29, 0.717) is 5.92 Å². The topological polar surface area (TPSA) is 12.9 Å². The molecular formula is C18H23N. The predicted molar refractivity (Wildman–Crippen MR) is 82.4 cm³/mol. The van der Waals surface area contributed by atoms with E-state index in [0.717, 1.165) is 12.1 Å². The van der Waals surface area contributed by atoms with E-state index in [2.05, 4.69) is 65.0 Å². The van der Waals surface area contributed by atoms with Crippen LogP contribution in [0.2, 0.25) is 0 Å². The molecule has 0 N–H and O–H groups in total. The summed E-state index contributed by atoms with van der Waals surface area (Å²) in [4.78, 5) is 4.83. The first-order valence-corrected chi connectivity index (χ1v) is 7.01. The summed E-state index contributed by atoms with van der Waals surface area (Å²) in [5, 5.41) is 0. The second kappa shape index (κ2) is 5.56. The van der Waals surface area contributed by atoms with Gasteiger partial charge in [0.2, 0.25) is 0 Å². The van der Waals surface area contributed by atoms with E-state index in [9.17, 15) is 0 Å². The molecule has 0 bridgehead atoms. The second-order valence-corrected chi connectivity index (χ2v) is 5.89. The molecule has 0 amide bonds. The summed E-state index contributed by atoms with van der Waals surface area (Å²) in [5.41, 5.74) is 7.52. The van der Waals surface area contributed by atoms with Crippen LogP contribution in [0.15, 0.2) is 30.3 Å². The Labute approximate surface area is 116 Å². The zero-order valence-electron chi connectivity index (χ0n) is 12.6. The third-order valence-corrected chi connectivity index (χ3v) is 3.36. The van der Waals surface area contributed by atoms with Crippen LogP contribution in [-0.4, -0.2) is 4.98 Å². The highest BCUT2D eigenvalue weighted by atomic mass is 14.7. The molecule has 0 saturated carbocycles. The largest absolute Gasteiger partial charge is 0.253 e. The molecule has 1 heteroatoms. The molecule has 0 aliphatic carbocycles. The van der Waals surface area contributed by atoms with Crippen LogP contribution in [0.5, 0.6) is 0 Å². The molecule has 2 aromatic rings. The van der Waals surface area contributed by atoms with E-state index in [-0.39, 0.29) is 0 Å². The molecule has 0 aliphatic heterocycles. The minimum atomic E-state index is 0.642.